The number of urea groups is 1. The second kappa shape index (κ2) is 9.32. The van der Waals surface area contributed by atoms with Gasteiger partial charge in [-0.2, -0.15) is 0 Å². The van der Waals surface area contributed by atoms with E-state index in [0.717, 1.165) is 37.4 Å². The fraction of sp³-hybridized carbons (Fsp3) is 0.231. The first-order valence-corrected chi connectivity index (χ1v) is 10.9. The number of hydrogen-bond acceptors (Lipinski definition) is 3. The Hall–Kier alpha value is -3.87. The zero-order chi connectivity index (χ0) is 23.5. The standard InChI is InChI=1S/C26H26FN3O3/c1-3-5-18(4-2)28-26(33)29-23-14-16(22-15-17(27)7-12-21(22)25(31)32)6-13-24(23)30(19-8-9-19)20-10-11-20/h3-7,12-15,19-20H,1-2,8-11H2,(H,31,32)(H2,28,29,33). The molecule has 0 radical (unpaired) electrons. The topological polar surface area (TPSA) is 81.7 Å². The molecule has 0 aromatic heterocycles. The van der Waals surface area contributed by atoms with E-state index in [0.29, 0.717) is 29.0 Å². The van der Waals surface area contributed by atoms with Crippen molar-refractivity contribution in [1.29, 1.82) is 0 Å². The molecule has 2 aliphatic carbocycles. The number of amides is 2. The molecule has 2 amide bonds. The Labute approximate surface area is 192 Å². The molecular weight excluding hydrogens is 421 g/mol. The largest absolute Gasteiger partial charge is 0.478 e. The minimum Gasteiger partial charge on any atom is -0.478 e. The Morgan fingerprint density at radius 2 is 1.76 bits per heavy atom. The van der Waals surface area contributed by atoms with E-state index in [1.807, 2.05) is 6.07 Å². The molecule has 0 unspecified atom stereocenters. The van der Waals surface area contributed by atoms with Gasteiger partial charge in [-0.05, 0) is 79.3 Å². The lowest BCUT2D eigenvalue weighted by atomic mass is 9.98. The third-order valence-electron chi connectivity index (χ3n) is 5.70. The summed E-state index contributed by atoms with van der Waals surface area (Å²) in [4.78, 5) is 26.8. The van der Waals surface area contributed by atoms with Crippen LogP contribution in [0.4, 0.5) is 20.6 Å². The highest BCUT2D eigenvalue weighted by Crippen LogP contribution is 2.44. The van der Waals surface area contributed by atoms with Crippen LogP contribution >= 0.6 is 0 Å². The van der Waals surface area contributed by atoms with Crippen LogP contribution in [0.1, 0.15) is 36.0 Å². The van der Waals surface area contributed by atoms with Crippen molar-refractivity contribution in [2.45, 2.75) is 37.8 Å². The maximum absolute atomic E-state index is 14.0. The van der Waals surface area contributed by atoms with Gasteiger partial charge >= 0.3 is 12.0 Å². The van der Waals surface area contributed by atoms with Gasteiger partial charge in [0.25, 0.3) is 0 Å². The number of benzene rings is 2. The fourth-order valence-corrected chi connectivity index (χ4v) is 3.94. The van der Waals surface area contributed by atoms with Crippen LogP contribution in [-0.4, -0.2) is 29.2 Å². The number of aromatic carboxylic acids is 1. The second-order valence-electron chi connectivity index (χ2n) is 8.24. The van der Waals surface area contributed by atoms with E-state index in [1.165, 1.54) is 18.2 Å². The summed E-state index contributed by atoms with van der Waals surface area (Å²) in [6, 6.07) is 9.33. The Balaban J connectivity index is 1.75. The summed E-state index contributed by atoms with van der Waals surface area (Å²) in [6.07, 6.45) is 9.06. The van der Waals surface area contributed by atoms with Crippen molar-refractivity contribution in [2.75, 3.05) is 10.2 Å². The van der Waals surface area contributed by atoms with Gasteiger partial charge < -0.3 is 20.6 Å². The lowest BCUT2D eigenvalue weighted by Crippen LogP contribution is -2.31. The molecule has 0 saturated heterocycles. The molecule has 2 saturated carbocycles. The van der Waals surface area contributed by atoms with Gasteiger partial charge in [-0.3, -0.25) is 0 Å². The monoisotopic (exact) mass is 447 g/mol. The minimum atomic E-state index is -1.15. The van der Waals surface area contributed by atoms with E-state index in [-0.39, 0.29) is 11.1 Å². The van der Waals surface area contributed by atoms with Gasteiger partial charge in [-0.25, -0.2) is 14.0 Å². The van der Waals surface area contributed by atoms with Crippen molar-refractivity contribution in [3.8, 4) is 11.1 Å². The number of carboxylic acid groups (broad SMARTS) is 1. The van der Waals surface area contributed by atoms with Crippen molar-refractivity contribution in [2.24, 2.45) is 0 Å². The smallest absolute Gasteiger partial charge is 0.336 e. The maximum Gasteiger partial charge on any atom is 0.336 e. The molecule has 2 aromatic carbocycles. The molecule has 4 rings (SSSR count). The van der Waals surface area contributed by atoms with Gasteiger partial charge in [0.1, 0.15) is 5.82 Å². The van der Waals surface area contributed by atoms with E-state index in [4.69, 9.17) is 0 Å². The summed E-state index contributed by atoms with van der Waals surface area (Å²) in [5, 5.41) is 15.2. The van der Waals surface area contributed by atoms with Crippen molar-refractivity contribution in [1.82, 2.24) is 5.32 Å². The number of allylic oxidation sites excluding steroid dienone is 3. The number of halogens is 1. The lowest BCUT2D eigenvalue weighted by Gasteiger charge is -2.28. The van der Waals surface area contributed by atoms with Crippen LogP contribution in [0.25, 0.3) is 11.1 Å². The quantitative estimate of drug-likeness (QED) is 0.431. The van der Waals surface area contributed by atoms with Crippen molar-refractivity contribution < 1.29 is 19.1 Å². The first kappa shape index (κ1) is 22.3. The number of carbonyl (C=O) groups is 2. The van der Waals surface area contributed by atoms with Gasteiger partial charge in [0.15, 0.2) is 0 Å². The van der Waals surface area contributed by atoms with E-state index >= 15 is 0 Å². The Morgan fingerprint density at radius 1 is 1.06 bits per heavy atom. The average Bonchev–Trinajstić information content (AvgIpc) is 3.69. The first-order chi connectivity index (χ1) is 15.9. The molecule has 2 fully saturated rings. The summed E-state index contributed by atoms with van der Waals surface area (Å²) >= 11 is 0. The van der Waals surface area contributed by atoms with Crippen LogP contribution in [0.3, 0.4) is 0 Å². The Morgan fingerprint density at radius 3 is 2.33 bits per heavy atom. The third kappa shape index (κ3) is 5.14. The van der Waals surface area contributed by atoms with Crippen LogP contribution in [0, 0.1) is 5.82 Å². The average molecular weight is 448 g/mol. The van der Waals surface area contributed by atoms with E-state index in [9.17, 15) is 19.1 Å². The first-order valence-electron chi connectivity index (χ1n) is 10.9. The highest BCUT2D eigenvalue weighted by molar-refractivity contribution is 5.99. The molecule has 0 heterocycles. The zero-order valence-corrected chi connectivity index (χ0v) is 18.2. The van der Waals surface area contributed by atoms with Gasteiger partial charge in [0.05, 0.1) is 16.9 Å². The summed E-state index contributed by atoms with van der Waals surface area (Å²) in [5.74, 6) is -1.68. The van der Waals surface area contributed by atoms with Crippen molar-refractivity contribution >= 4 is 23.4 Å². The second-order valence-corrected chi connectivity index (χ2v) is 8.24. The van der Waals surface area contributed by atoms with E-state index in [1.54, 1.807) is 24.3 Å². The molecule has 0 aliphatic heterocycles. The van der Waals surface area contributed by atoms with Crippen LogP contribution in [0.2, 0.25) is 0 Å². The van der Waals surface area contributed by atoms with E-state index < -0.39 is 17.8 Å². The fourth-order valence-electron chi connectivity index (χ4n) is 3.94. The van der Waals surface area contributed by atoms with Gasteiger partial charge in [-0.15, -0.1) is 0 Å². The van der Waals surface area contributed by atoms with Crippen molar-refractivity contribution in [3.63, 3.8) is 0 Å². The van der Waals surface area contributed by atoms with Crippen LogP contribution in [-0.2, 0) is 0 Å². The van der Waals surface area contributed by atoms with Crippen LogP contribution in [0.5, 0.6) is 0 Å². The number of anilines is 2. The Kier molecular flexibility index (Phi) is 6.31. The van der Waals surface area contributed by atoms with Gasteiger partial charge in [-0.1, -0.05) is 25.3 Å². The van der Waals surface area contributed by atoms with Gasteiger partial charge in [0.2, 0.25) is 0 Å². The van der Waals surface area contributed by atoms with Gasteiger partial charge in [0, 0.05) is 17.8 Å². The predicted octanol–water partition coefficient (Wildman–Crippen LogP) is 5.70. The minimum absolute atomic E-state index is 0.0105. The number of carboxylic acids is 1. The molecule has 2 aromatic rings. The Bertz CT molecular complexity index is 1140. The number of rotatable bonds is 9. The summed E-state index contributed by atoms with van der Waals surface area (Å²) in [6.45, 7) is 7.30. The lowest BCUT2D eigenvalue weighted by molar-refractivity contribution is 0.0697. The molecule has 33 heavy (non-hydrogen) atoms. The SMILES string of the molecule is C=CC=C(C=C)NC(=O)Nc1cc(-c2cc(F)ccc2C(=O)O)ccc1N(C1CC1)C1CC1. The normalized spacial score (nSPS) is 15.5. The molecule has 3 N–H and O–H groups in total. The molecule has 7 heteroatoms. The molecular formula is C26H26FN3O3. The number of carbonyl (C=O) groups excluding carboxylic acids is 1. The van der Waals surface area contributed by atoms with Crippen LogP contribution in [0.15, 0.2) is 73.5 Å². The molecule has 0 spiro atoms. The van der Waals surface area contributed by atoms with Crippen molar-refractivity contribution in [3.05, 3.63) is 84.9 Å². The molecule has 170 valence electrons. The van der Waals surface area contributed by atoms with E-state index in [2.05, 4.69) is 28.7 Å². The molecule has 0 bridgehead atoms. The highest BCUT2D eigenvalue weighted by atomic mass is 19.1. The number of nitrogens with zero attached hydrogens (tertiary/aromatic N) is 1. The predicted molar refractivity (Wildman–Crippen MR) is 128 cm³/mol. The molecule has 6 nitrogen and oxygen atoms in total. The molecule has 2 aliphatic rings. The number of nitrogens with one attached hydrogen (secondary N) is 2. The molecule has 0 atom stereocenters. The summed E-state index contributed by atoms with van der Waals surface area (Å²) < 4.78 is 14.0. The number of hydrogen-bond donors (Lipinski definition) is 3. The highest BCUT2D eigenvalue weighted by Gasteiger charge is 2.40. The summed E-state index contributed by atoms with van der Waals surface area (Å²) in [5.41, 5.74) is 2.64. The van der Waals surface area contributed by atoms with Crippen LogP contribution < -0.4 is 15.5 Å². The third-order valence-corrected chi connectivity index (χ3v) is 5.70. The maximum atomic E-state index is 14.0. The summed E-state index contributed by atoms with van der Waals surface area (Å²) in [7, 11) is 0. The zero-order valence-electron chi connectivity index (χ0n) is 18.2.